The summed E-state index contributed by atoms with van der Waals surface area (Å²) < 4.78 is 34.1. The van der Waals surface area contributed by atoms with Crippen molar-refractivity contribution in [2.45, 2.75) is 31.8 Å². The first-order valence-electron chi connectivity index (χ1n) is 8.74. The number of amides is 1. The number of carbonyl (C=O) groups is 1. The van der Waals surface area contributed by atoms with Gasteiger partial charge in [0.2, 0.25) is 5.91 Å². The Morgan fingerprint density at radius 1 is 1.12 bits per heavy atom. The highest BCUT2D eigenvalue weighted by Gasteiger charge is 2.32. The summed E-state index contributed by atoms with van der Waals surface area (Å²) in [6.07, 6.45) is 2.65. The zero-order chi connectivity index (χ0) is 17.9. The molecule has 6 nitrogen and oxygen atoms in total. The number of likely N-dealkylation sites (tertiary alicyclic amines) is 1. The first-order chi connectivity index (χ1) is 11.9. The highest BCUT2D eigenvalue weighted by Crippen LogP contribution is 2.25. The minimum absolute atomic E-state index is 0.00854. The average Bonchev–Trinajstić information content (AvgIpc) is 2.94. The van der Waals surface area contributed by atoms with Crippen LogP contribution in [0.15, 0.2) is 24.3 Å². The van der Waals surface area contributed by atoms with Crippen molar-refractivity contribution in [3.8, 4) is 11.5 Å². The summed E-state index contributed by atoms with van der Waals surface area (Å²) in [5, 5.41) is 0. The van der Waals surface area contributed by atoms with Gasteiger partial charge in [-0.1, -0.05) is 0 Å². The first kappa shape index (κ1) is 18.0. The van der Waals surface area contributed by atoms with E-state index in [0.29, 0.717) is 25.9 Å². The van der Waals surface area contributed by atoms with Crippen LogP contribution < -0.4 is 9.47 Å². The molecule has 0 radical (unpaired) electrons. The fraction of sp³-hybridized carbons (Fsp3) is 0.611. The molecule has 2 fully saturated rings. The van der Waals surface area contributed by atoms with Gasteiger partial charge in [-0.25, -0.2) is 8.42 Å². The Morgan fingerprint density at radius 2 is 1.76 bits per heavy atom. The summed E-state index contributed by atoms with van der Waals surface area (Å²) in [7, 11) is -1.29. The zero-order valence-electron chi connectivity index (χ0n) is 14.5. The van der Waals surface area contributed by atoms with Crippen LogP contribution in [0.1, 0.15) is 25.7 Å². The van der Waals surface area contributed by atoms with E-state index in [9.17, 15) is 13.2 Å². The largest absolute Gasteiger partial charge is 0.497 e. The lowest BCUT2D eigenvalue weighted by molar-refractivity contribution is -0.133. The van der Waals surface area contributed by atoms with E-state index >= 15 is 0 Å². The van der Waals surface area contributed by atoms with Crippen LogP contribution in [0, 0.1) is 5.92 Å². The van der Waals surface area contributed by atoms with Gasteiger partial charge in [0.1, 0.15) is 17.6 Å². The molecule has 1 aromatic carbocycles. The summed E-state index contributed by atoms with van der Waals surface area (Å²) >= 11 is 0. The van der Waals surface area contributed by atoms with Crippen LogP contribution in [0.2, 0.25) is 0 Å². The van der Waals surface area contributed by atoms with Gasteiger partial charge in [0.25, 0.3) is 0 Å². The van der Waals surface area contributed by atoms with Crippen molar-refractivity contribution >= 4 is 15.7 Å². The van der Waals surface area contributed by atoms with Crippen LogP contribution in [0.4, 0.5) is 0 Å². The molecule has 1 atom stereocenters. The summed E-state index contributed by atoms with van der Waals surface area (Å²) in [5.41, 5.74) is 0. The Bertz CT molecular complexity index is 693. The van der Waals surface area contributed by atoms with E-state index in [-0.39, 0.29) is 29.4 Å². The minimum Gasteiger partial charge on any atom is -0.497 e. The predicted molar refractivity (Wildman–Crippen MR) is 94.6 cm³/mol. The normalized spacial score (nSPS) is 23.4. The molecule has 1 aromatic rings. The van der Waals surface area contributed by atoms with Crippen LogP contribution in [-0.2, 0) is 14.6 Å². The molecule has 0 aromatic heterocycles. The molecule has 3 rings (SSSR count). The van der Waals surface area contributed by atoms with Crippen LogP contribution in [0.3, 0.4) is 0 Å². The number of nitrogens with zero attached hydrogens (tertiary/aromatic N) is 1. The van der Waals surface area contributed by atoms with Crippen molar-refractivity contribution in [3.05, 3.63) is 24.3 Å². The Morgan fingerprint density at radius 3 is 2.32 bits per heavy atom. The molecule has 0 saturated carbocycles. The minimum atomic E-state index is -2.92. The fourth-order valence-corrected chi connectivity index (χ4v) is 5.34. The molecular formula is C18H25NO5S. The molecule has 0 spiro atoms. The molecular weight excluding hydrogens is 342 g/mol. The Hall–Kier alpha value is -1.76. The molecule has 2 aliphatic heterocycles. The molecule has 0 N–H and O–H groups in total. The molecule has 1 amide bonds. The third kappa shape index (κ3) is 4.87. The van der Waals surface area contributed by atoms with Crippen LogP contribution in [0.5, 0.6) is 11.5 Å². The van der Waals surface area contributed by atoms with Gasteiger partial charge in [-0.05, 0) is 36.6 Å². The van der Waals surface area contributed by atoms with Gasteiger partial charge in [-0.3, -0.25) is 4.79 Å². The molecule has 0 bridgehead atoms. The standard InChI is InChI=1S/C18H25NO5S/c1-23-15-2-4-16(5-3-15)24-17-6-9-19(10-7-17)18(20)12-14-8-11-25(21,22)13-14/h2-5,14,17H,6-13H2,1H3/t14-/m1/s1. The molecule has 7 heteroatoms. The van der Waals surface area contributed by atoms with Crippen molar-refractivity contribution in [3.63, 3.8) is 0 Å². The lowest BCUT2D eigenvalue weighted by atomic mass is 10.0. The average molecular weight is 367 g/mol. The van der Waals surface area contributed by atoms with Gasteiger partial charge in [0, 0.05) is 32.4 Å². The van der Waals surface area contributed by atoms with E-state index in [2.05, 4.69) is 0 Å². The number of rotatable bonds is 5. The second-order valence-electron chi connectivity index (χ2n) is 6.85. The maximum atomic E-state index is 12.4. The van der Waals surface area contributed by atoms with Gasteiger partial charge >= 0.3 is 0 Å². The molecule has 2 aliphatic rings. The second-order valence-corrected chi connectivity index (χ2v) is 9.08. The topological polar surface area (TPSA) is 72.9 Å². The number of piperidine rings is 1. The molecule has 138 valence electrons. The smallest absolute Gasteiger partial charge is 0.222 e. The monoisotopic (exact) mass is 367 g/mol. The highest BCUT2D eigenvalue weighted by atomic mass is 32.2. The number of methoxy groups -OCH3 is 1. The van der Waals surface area contributed by atoms with Crippen molar-refractivity contribution < 1.29 is 22.7 Å². The van der Waals surface area contributed by atoms with Gasteiger partial charge in [0.15, 0.2) is 9.84 Å². The lowest BCUT2D eigenvalue weighted by Crippen LogP contribution is -2.42. The number of sulfone groups is 1. The number of carbonyl (C=O) groups excluding carboxylic acids is 1. The Kier molecular flexibility index (Phi) is 5.51. The quantitative estimate of drug-likeness (QED) is 0.795. The number of hydrogen-bond acceptors (Lipinski definition) is 5. The molecule has 0 aliphatic carbocycles. The number of ether oxygens (including phenoxy) is 2. The summed E-state index contributed by atoms with van der Waals surface area (Å²) in [4.78, 5) is 14.2. The Labute approximate surface area is 149 Å². The molecule has 2 saturated heterocycles. The lowest BCUT2D eigenvalue weighted by Gasteiger charge is -2.32. The van der Waals surface area contributed by atoms with Gasteiger partial charge < -0.3 is 14.4 Å². The Balaban J connectivity index is 1.44. The number of hydrogen-bond donors (Lipinski definition) is 0. The van der Waals surface area contributed by atoms with Crippen molar-refractivity contribution in [1.29, 1.82) is 0 Å². The highest BCUT2D eigenvalue weighted by molar-refractivity contribution is 7.91. The second kappa shape index (κ2) is 7.64. The molecule has 25 heavy (non-hydrogen) atoms. The predicted octanol–water partition coefficient (Wildman–Crippen LogP) is 1.89. The molecule has 0 unspecified atom stereocenters. The van der Waals surface area contributed by atoms with Crippen LogP contribution >= 0.6 is 0 Å². The van der Waals surface area contributed by atoms with E-state index in [1.54, 1.807) is 7.11 Å². The van der Waals surface area contributed by atoms with Crippen molar-refractivity contribution in [2.75, 3.05) is 31.7 Å². The SMILES string of the molecule is COc1ccc(OC2CCN(C(=O)C[C@H]3CCS(=O)(=O)C3)CC2)cc1. The van der Waals surface area contributed by atoms with Gasteiger partial charge in [0.05, 0.1) is 18.6 Å². The number of benzene rings is 1. The van der Waals surface area contributed by atoms with Gasteiger partial charge in [-0.15, -0.1) is 0 Å². The van der Waals surface area contributed by atoms with Crippen LogP contribution in [-0.4, -0.2) is 57.0 Å². The van der Waals surface area contributed by atoms with E-state index < -0.39 is 9.84 Å². The maximum Gasteiger partial charge on any atom is 0.222 e. The molecule has 2 heterocycles. The van der Waals surface area contributed by atoms with Crippen molar-refractivity contribution in [2.24, 2.45) is 5.92 Å². The zero-order valence-corrected chi connectivity index (χ0v) is 15.3. The van der Waals surface area contributed by atoms with E-state index in [1.807, 2.05) is 29.2 Å². The summed E-state index contributed by atoms with van der Waals surface area (Å²) in [6, 6.07) is 7.50. The van der Waals surface area contributed by atoms with E-state index in [0.717, 1.165) is 24.3 Å². The van der Waals surface area contributed by atoms with E-state index in [4.69, 9.17) is 9.47 Å². The van der Waals surface area contributed by atoms with Gasteiger partial charge in [-0.2, -0.15) is 0 Å². The van der Waals surface area contributed by atoms with E-state index in [1.165, 1.54) is 0 Å². The summed E-state index contributed by atoms with van der Waals surface area (Å²) in [6.45, 7) is 1.33. The third-order valence-electron chi connectivity index (χ3n) is 4.95. The fourth-order valence-electron chi connectivity index (χ4n) is 3.48. The third-order valence-corrected chi connectivity index (χ3v) is 6.78. The maximum absolute atomic E-state index is 12.4. The van der Waals surface area contributed by atoms with Crippen molar-refractivity contribution in [1.82, 2.24) is 4.90 Å². The first-order valence-corrected chi connectivity index (χ1v) is 10.6. The van der Waals surface area contributed by atoms with Crippen LogP contribution in [0.25, 0.3) is 0 Å². The summed E-state index contributed by atoms with van der Waals surface area (Å²) in [5.74, 6) is 2.05.